The van der Waals surface area contributed by atoms with Crippen molar-refractivity contribution in [2.24, 2.45) is 7.05 Å². The van der Waals surface area contributed by atoms with E-state index in [0.29, 0.717) is 0 Å². The maximum atomic E-state index is 2.32. The van der Waals surface area contributed by atoms with Crippen molar-refractivity contribution >= 4 is 11.0 Å². The molecule has 24 heavy (non-hydrogen) atoms. The average molecular weight is 313 g/mol. The summed E-state index contributed by atoms with van der Waals surface area (Å²) in [6.07, 6.45) is 0. The summed E-state index contributed by atoms with van der Waals surface area (Å²) in [7, 11) is 2.15. The minimum atomic E-state index is 1.20. The van der Waals surface area contributed by atoms with Gasteiger partial charge in [0.1, 0.15) is 12.6 Å². The van der Waals surface area contributed by atoms with E-state index in [9.17, 15) is 0 Å². The van der Waals surface area contributed by atoms with Crippen LogP contribution in [0.3, 0.4) is 0 Å². The third-order valence-electron chi connectivity index (χ3n) is 4.76. The topological polar surface area (TPSA) is 8.81 Å². The highest BCUT2D eigenvalue weighted by Gasteiger charge is 2.19. The fourth-order valence-corrected chi connectivity index (χ4v) is 3.52. The zero-order valence-corrected chi connectivity index (χ0v) is 14.3. The Bertz CT molecular complexity index is 1030. The van der Waals surface area contributed by atoms with Crippen LogP contribution in [0.15, 0.2) is 72.8 Å². The lowest BCUT2D eigenvalue weighted by molar-refractivity contribution is -0.633. The number of hydrogen-bond donors (Lipinski definition) is 0. The van der Waals surface area contributed by atoms with Crippen molar-refractivity contribution in [1.82, 2.24) is 4.57 Å². The van der Waals surface area contributed by atoms with Gasteiger partial charge in [0, 0.05) is 29.1 Å². The molecule has 0 aliphatic rings. The number of nitrogens with zero attached hydrogens (tertiary/aromatic N) is 2. The zero-order chi connectivity index (χ0) is 16.7. The Morgan fingerprint density at radius 2 is 1.50 bits per heavy atom. The molecule has 2 aromatic carbocycles. The van der Waals surface area contributed by atoms with E-state index >= 15 is 0 Å². The van der Waals surface area contributed by atoms with Crippen LogP contribution >= 0.6 is 0 Å². The van der Waals surface area contributed by atoms with Crippen LogP contribution in [0.2, 0.25) is 0 Å². The molecular formula is C22H21N2+. The van der Waals surface area contributed by atoms with E-state index in [2.05, 4.69) is 103 Å². The number of hydrogen-bond acceptors (Lipinski definition) is 0. The molecule has 0 aliphatic carbocycles. The summed E-state index contributed by atoms with van der Waals surface area (Å²) in [6, 6.07) is 25.8. The second kappa shape index (κ2) is 5.64. The van der Waals surface area contributed by atoms with Crippen LogP contribution in [-0.2, 0) is 7.05 Å². The van der Waals surface area contributed by atoms with Crippen LogP contribution in [0, 0.1) is 13.8 Å². The summed E-state index contributed by atoms with van der Waals surface area (Å²) in [5.41, 5.74) is 8.75. The van der Waals surface area contributed by atoms with Crippen molar-refractivity contribution in [3.8, 4) is 16.9 Å². The Hall–Kier alpha value is -2.87. The molecule has 4 rings (SSSR count). The summed E-state index contributed by atoms with van der Waals surface area (Å²) < 4.78 is 4.61. The molecule has 0 unspecified atom stereocenters. The van der Waals surface area contributed by atoms with Gasteiger partial charge in [-0.1, -0.05) is 36.4 Å². The van der Waals surface area contributed by atoms with Crippen molar-refractivity contribution in [1.29, 1.82) is 0 Å². The Balaban J connectivity index is 1.98. The van der Waals surface area contributed by atoms with E-state index in [0.717, 1.165) is 0 Å². The largest absolute Gasteiger partial charge is 0.308 e. The van der Waals surface area contributed by atoms with Crippen LogP contribution in [-0.4, -0.2) is 4.57 Å². The lowest BCUT2D eigenvalue weighted by Gasteiger charge is -2.08. The summed E-state index contributed by atoms with van der Waals surface area (Å²) in [5.74, 6) is 0. The molecule has 0 radical (unpaired) electrons. The Morgan fingerprint density at radius 3 is 2.25 bits per heavy atom. The fraction of sp³-hybridized carbons (Fsp3) is 0.136. The normalized spacial score (nSPS) is 11.1. The molecule has 2 heterocycles. The highest BCUT2D eigenvalue weighted by Crippen LogP contribution is 2.26. The Morgan fingerprint density at radius 1 is 0.792 bits per heavy atom. The van der Waals surface area contributed by atoms with Gasteiger partial charge in [0.2, 0.25) is 11.2 Å². The Labute approximate surface area is 142 Å². The van der Waals surface area contributed by atoms with Crippen molar-refractivity contribution in [2.75, 3.05) is 0 Å². The molecule has 2 heteroatoms. The average Bonchev–Trinajstić information content (AvgIpc) is 2.94. The number of para-hydroxylation sites is 1. The third kappa shape index (κ3) is 2.23. The summed E-state index contributed by atoms with van der Waals surface area (Å²) >= 11 is 0. The first-order valence-corrected chi connectivity index (χ1v) is 8.29. The molecule has 0 bridgehead atoms. The molecule has 0 spiro atoms. The van der Waals surface area contributed by atoms with Crippen molar-refractivity contribution in [2.45, 2.75) is 13.8 Å². The van der Waals surface area contributed by atoms with Gasteiger partial charge in [-0.3, -0.25) is 0 Å². The molecule has 0 atom stereocenters. The molecule has 0 fully saturated rings. The number of aromatic nitrogens is 2. The molecule has 0 N–H and O–H groups in total. The summed E-state index contributed by atoms with van der Waals surface area (Å²) in [5, 5.41) is 0. The van der Waals surface area contributed by atoms with E-state index in [1.807, 2.05) is 0 Å². The molecule has 4 aromatic rings. The molecule has 2 aromatic heterocycles. The lowest BCUT2D eigenvalue weighted by atomic mass is 10.0. The molecule has 0 aliphatic heterocycles. The van der Waals surface area contributed by atoms with E-state index in [1.165, 1.54) is 39.2 Å². The van der Waals surface area contributed by atoms with Gasteiger partial charge in [0.05, 0.1) is 0 Å². The molecule has 0 amide bonds. The van der Waals surface area contributed by atoms with Crippen LogP contribution in [0.1, 0.15) is 11.3 Å². The molecule has 2 nitrogen and oxygen atoms in total. The van der Waals surface area contributed by atoms with Gasteiger partial charge >= 0.3 is 0 Å². The standard InChI is InChI=1S/C22H21N2/c1-16-9-7-8-12-19(16)20-13-14-21-22(23(20)3)15-17(2)24(21)18-10-5-4-6-11-18/h4-15H,1-3H3/q+1. The monoisotopic (exact) mass is 313 g/mol. The maximum Gasteiger partial charge on any atom is 0.231 e. The predicted molar refractivity (Wildman–Crippen MR) is 99.4 cm³/mol. The fourth-order valence-electron chi connectivity index (χ4n) is 3.52. The maximum absolute atomic E-state index is 2.32. The van der Waals surface area contributed by atoms with Gasteiger partial charge < -0.3 is 4.57 Å². The molecule has 118 valence electrons. The van der Waals surface area contributed by atoms with E-state index in [-0.39, 0.29) is 0 Å². The van der Waals surface area contributed by atoms with Crippen LogP contribution in [0.5, 0.6) is 0 Å². The van der Waals surface area contributed by atoms with E-state index in [4.69, 9.17) is 0 Å². The number of fused-ring (bicyclic) bond motifs is 1. The van der Waals surface area contributed by atoms with Crippen LogP contribution in [0.4, 0.5) is 0 Å². The van der Waals surface area contributed by atoms with Gasteiger partial charge in [-0.2, -0.15) is 4.57 Å². The first-order valence-electron chi connectivity index (χ1n) is 8.29. The number of benzene rings is 2. The van der Waals surface area contributed by atoms with Crippen molar-refractivity contribution < 1.29 is 4.57 Å². The van der Waals surface area contributed by atoms with Gasteiger partial charge in [-0.05, 0) is 43.7 Å². The molecule has 0 saturated heterocycles. The highest BCUT2D eigenvalue weighted by molar-refractivity contribution is 5.79. The first-order chi connectivity index (χ1) is 11.7. The van der Waals surface area contributed by atoms with Gasteiger partial charge in [0.15, 0.2) is 0 Å². The highest BCUT2D eigenvalue weighted by atomic mass is 15.0. The smallest absolute Gasteiger partial charge is 0.231 e. The minimum Gasteiger partial charge on any atom is -0.308 e. The second-order valence-electron chi connectivity index (χ2n) is 6.32. The lowest BCUT2D eigenvalue weighted by Crippen LogP contribution is -2.31. The van der Waals surface area contributed by atoms with Gasteiger partial charge in [-0.15, -0.1) is 0 Å². The SMILES string of the molecule is Cc1ccccc1-c1ccc2c(cc(C)n2-c2ccccc2)[n+]1C. The first kappa shape index (κ1) is 14.7. The number of rotatable bonds is 2. The van der Waals surface area contributed by atoms with Crippen LogP contribution in [0.25, 0.3) is 28.0 Å². The van der Waals surface area contributed by atoms with Crippen LogP contribution < -0.4 is 4.57 Å². The molecule has 0 saturated carbocycles. The minimum absolute atomic E-state index is 1.20. The number of pyridine rings is 1. The summed E-state index contributed by atoms with van der Waals surface area (Å²) in [4.78, 5) is 0. The van der Waals surface area contributed by atoms with Gasteiger partial charge in [0.25, 0.3) is 0 Å². The molecular weight excluding hydrogens is 292 g/mol. The zero-order valence-electron chi connectivity index (χ0n) is 14.3. The second-order valence-corrected chi connectivity index (χ2v) is 6.32. The summed E-state index contributed by atoms with van der Waals surface area (Å²) in [6.45, 7) is 4.33. The van der Waals surface area contributed by atoms with Crippen molar-refractivity contribution in [3.05, 3.63) is 84.1 Å². The predicted octanol–water partition coefficient (Wildman–Crippen LogP) is 4.74. The third-order valence-corrected chi connectivity index (χ3v) is 4.76. The van der Waals surface area contributed by atoms with E-state index < -0.39 is 0 Å². The van der Waals surface area contributed by atoms with Gasteiger partial charge in [-0.25, -0.2) is 0 Å². The van der Waals surface area contributed by atoms with E-state index in [1.54, 1.807) is 0 Å². The quantitative estimate of drug-likeness (QED) is 0.473. The number of aryl methyl sites for hydroxylation is 3. The Kier molecular flexibility index (Phi) is 3.46. The van der Waals surface area contributed by atoms with Crippen molar-refractivity contribution in [3.63, 3.8) is 0 Å².